The van der Waals surface area contributed by atoms with Crippen LogP contribution >= 0.6 is 0 Å². The molecule has 1 N–H and O–H groups in total. The van der Waals surface area contributed by atoms with Crippen molar-refractivity contribution in [2.75, 3.05) is 6.54 Å². The smallest absolute Gasteiger partial charge is 0.273 e. The number of aryl methyl sites for hydroxylation is 1. The SMILES string of the molecule is Cc1oc(-c2ccccc2)nc1C(=O)NCC(C)(C)c1ccccc1F. The van der Waals surface area contributed by atoms with Gasteiger partial charge >= 0.3 is 0 Å². The number of carbonyl (C=O) groups excluding carboxylic acids is 1. The molecule has 0 unspecified atom stereocenters. The zero-order valence-electron chi connectivity index (χ0n) is 15.0. The molecule has 0 radical (unpaired) electrons. The molecule has 0 saturated carbocycles. The van der Waals surface area contributed by atoms with Crippen LogP contribution in [0.1, 0.15) is 35.7 Å². The minimum absolute atomic E-state index is 0.244. The summed E-state index contributed by atoms with van der Waals surface area (Å²) in [5, 5.41) is 2.84. The normalized spacial score (nSPS) is 11.4. The van der Waals surface area contributed by atoms with E-state index in [2.05, 4.69) is 10.3 Å². The highest BCUT2D eigenvalue weighted by molar-refractivity contribution is 5.93. The van der Waals surface area contributed by atoms with Crippen molar-refractivity contribution in [1.29, 1.82) is 0 Å². The van der Waals surface area contributed by atoms with Crippen LogP contribution in [-0.4, -0.2) is 17.4 Å². The predicted octanol–water partition coefficient (Wildman–Crippen LogP) is 4.50. The zero-order chi connectivity index (χ0) is 18.7. The molecule has 0 spiro atoms. The Kier molecular flexibility index (Phi) is 4.89. The van der Waals surface area contributed by atoms with Gasteiger partial charge in [-0.25, -0.2) is 9.37 Å². The molecule has 2 aromatic carbocycles. The first kappa shape index (κ1) is 17.9. The Morgan fingerprint density at radius 1 is 1.12 bits per heavy atom. The number of halogens is 1. The molecular weight excluding hydrogens is 331 g/mol. The number of nitrogens with zero attached hydrogens (tertiary/aromatic N) is 1. The zero-order valence-corrected chi connectivity index (χ0v) is 15.0. The van der Waals surface area contributed by atoms with Crippen molar-refractivity contribution in [2.24, 2.45) is 0 Å². The van der Waals surface area contributed by atoms with Crippen LogP contribution in [0.15, 0.2) is 59.0 Å². The first-order valence-corrected chi connectivity index (χ1v) is 8.44. The Balaban J connectivity index is 1.75. The van der Waals surface area contributed by atoms with E-state index in [0.29, 0.717) is 17.2 Å². The third-order valence-corrected chi connectivity index (χ3v) is 4.33. The van der Waals surface area contributed by atoms with Crippen molar-refractivity contribution in [3.63, 3.8) is 0 Å². The summed E-state index contributed by atoms with van der Waals surface area (Å²) in [4.78, 5) is 16.9. The van der Waals surface area contributed by atoms with Gasteiger partial charge in [0.05, 0.1) is 0 Å². The molecule has 1 heterocycles. The van der Waals surface area contributed by atoms with Gasteiger partial charge in [-0.3, -0.25) is 4.79 Å². The minimum atomic E-state index is -0.555. The summed E-state index contributed by atoms with van der Waals surface area (Å²) in [6.07, 6.45) is 0. The van der Waals surface area contributed by atoms with Crippen LogP contribution in [0.2, 0.25) is 0 Å². The summed E-state index contributed by atoms with van der Waals surface area (Å²) in [5.74, 6) is 0.236. The Morgan fingerprint density at radius 2 is 1.77 bits per heavy atom. The molecule has 134 valence electrons. The van der Waals surface area contributed by atoms with E-state index in [1.165, 1.54) is 6.07 Å². The largest absolute Gasteiger partial charge is 0.441 e. The van der Waals surface area contributed by atoms with Crippen molar-refractivity contribution in [1.82, 2.24) is 10.3 Å². The van der Waals surface area contributed by atoms with Crippen LogP contribution in [0, 0.1) is 12.7 Å². The summed E-state index contributed by atoms with van der Waals surface area (Å²) in [7, 11) is 0. The highest BCUT2D eigenvalue weighted by Gasteiger charge is 2.26. The summed E-state index contributed by atoms with van der Waals surface area (Å²) in [5.41, 5.74) is 1.05. The van der Waals surface area contributed by atoms with Crippen molar-refractivity contribution >= 4 is 5.91 Å². The number of rotatable bonds is 5. The summed E-state index contributed by atoms with van der Waals surface area (Å²) in [6, 6.07) is 16.0. The first-order chi connectivity index (χ1) is 12.4. The monoisotopic (exact) mass is 352 g/mol. The van der Waals surface area contributed by atoms with Gasteiger partial charge in [-0.05, 0) is 30.7 Å². The Morgan fingerprint density at radius 3 is 2.46 bits per heavy atom. The van der Waals surface area contributed by atoms with Crippen LogP contribution in [0.3, 0.4) is 0 Å². The molecule has 3 rings (SSSR count). The topological polar surface area (TPSA) is 55.1 Å². The number of hydrogen-bond acceptors (Lipinski definition) is 3. The lowest BCUT2D eigenvalue weighted by Crippen LogP contribution is -2.37. The van der Waals surface area contributed by atoms with E-state index >= 15 is 0 Å². The molecule has 26 heavy (non-hydrogen) atoms. The Hall–Kier alpha value is -2.95. The highest BCUT2D eigenvalue weighted by Crippen LogP contribution is 2.25. The quantitative estimate of drug-likeness (QED) is 0.736. The van der Waals surface area contributed by atoms with Gasteiger partial charge in [0.25, 0.3) is 5.91 Å². The van der Waals surface area contributed by atoms with Crippen LogP contribution in [0.4, 0.5) is 4.39 Å². The highest BCUT2D eigenvalue weighted by atomic mass is 19.1. The summed E-state index contributed by atoms with van der Waals surface area (Å²) >= 11 is 0. The fraction of sp³-hybridized carbons (Fsp3) is 0.238. The van der Waals surface area contributed by atoms with Gasteiger partial charge in [0.2, 0.25) is 5.89 Å². The summed E-state index contributed by atoms with van der Waals surface area (Å²) in [6.45, 7) is 5.75. The molecular formula is C21H21FN2O2. The predicted molar refractivity (Wildman–Crippen MR) is 98.4 cm³/mol. The van der Waals surface area contributed by atoms with E-state index in [4.69, 9.17) is 4.42 Å². The molecule has 0 aliphatic heterocycles. The molecule has 3 aromatic rings. The van der Waals surface area contributed by atoms with Crippen molar-refractivity contribution < 1.29 is 13.6 Å². The number of aromatic nitrogens is 1. The average molecular weight is 352 g/mol. The Labute approximate surface area is 152 Å². The second-order valence-corrected chi connectivity index (χ2v) is 6.84. The van der Waals surface area contributed by atoms with Crippen molar-refractivity contribution in [2.45, 2.75) is 26.2 Å². The second-order valence-electron chi connectivity index (χ2n) is 6.84. The number of oxazole rings is 1. The van der Waals surface area contributed by atoms with E-state index in [0.717, 1.165) is 5.56 Å². The standard InChI is InChI=1S/C21H21FN2O2/c1-14-18(24-20(26-14)15-9-5-4-6-10-15)19(25)23-13-21(2,3)16-11-7-8-12-17(16)22/h4-12H,13H2,1-3H3,(H,23,25). The number of carbonyl (C=O) groups is 1. The van der Waals surface area contributed by atoms with Crippen LogP contribution in [-0.2, 0) is 5.41 Å². The maximum absolute atomic E-state index is 14.0. The van der Waals surface area contributed by atoms with Gasteiger partial charge in [-0.1, -0.05) is 50.2 Å². The molecule has 0 atom stereocenters. The van der Waals surface area contributed by atoms with Gasteiger partial charge in [-0.15, -0.1) is 0 Å². The molecule has 4 nitrogen and oxygen atoms in total. The first-order valence-electron chi connectivity index (χ1n) is 8.44. The van der Waals surface area contributed by atoms with E-state index < -0.39 is 5.41 Å². The maximum atomic E-state index is 14.0. The minimum Gasteiger partial charge on any atom is -0.441 e. The fourth-order valence-corrected chi connectivity index (χ4v) is 2.80. The molecule has 0 aliphatic rings. The van der Waals surface area contributed by atoms with E-state index in [9.17, 15) is 9.18 Å². The van der Waals surface area contributed by atoms with E-state index in [-0.39, 0.29) is 24.0 Å². The summed E-state index contributed by atoms with van der Waals surface area (Å²) < 4.78 is 19.7. The Bertz CT molecular complexity index is 917. The maximum Gasteiger partial charge on any atom is 0.273 e. The molecule has 0 saturated heterocycles. The lowest BCUT2D eigenvalue weighted by atomic mass is 9.84. The van der Waals surface area contributed by atoms with Crippen LogP contribution in [0.25, 0.3) is 11.5 Å². The fourth-order valence-electron chi connectivity index (χ4n) is 2.80. The lowest BCUT2D eigenvalue weighted by molar-refractivity contribution is 0.0939. The number of benzene rings is 2. The number of amides is 1. The molecule has 1 amide bonds. The molecule has 0 aliphatic carbocycles. The average Bonchev–Trinajstić information content (AvgIpc) is 3.03. The molecule has 0 bridgehead atoms. The van der Waals surface area contributed by atoms with Gasteiger partial charge in [-0.2, -0.15) is 0 Å². The molecule has 1 aromatic heterocycles. The number of nitrogens with one attached hydrogen (secondary N) is 1. The second kappa shape index (κ2) is 7.12. The lowest BCUT2D eigenvalue weighted by Gasteiger charge is -2.25. The number of hydrogen-bond donors (Lipinski definition) is 1. The third kappa shape index (κ3) is 3.67. The van der Waals surface area contributed by atoms with Gasteiger partial charge < -0.3 is 9.73 Å². The van der Waals surface area contributed by atoms with Crippen molar-refractivity contribution in [3.8, 4) is 11.5 Å². The van der Waals surface area contributed by atoms with Gasteiger partial charge in [0.15, 0.2) is 5.69 Å². The van der Waals surface area contributed by atoms with Crippen LogP contribution in [0.5, 0.6) is 0 Å². The molecule has 5 heteroatoms. The third-order valence-electron chi connectivity index (χ3n) is 4.33. The van der Waals surface area contributed by atoms with Crippen LogP contribution < -0.4 is 5.32 Å². The molecule has 0 fully saturated rings. The van der Waals surface area contributed by atoms with Gasteiger partial charge in [0, 0.05) is 17.5 Å². The van der Waals surface area contributed by atoms with E-state index in [1.807, 2.05) is 44.2 Å². The van der Waals surface area contributed by atoms with E-state index in [1.54, 1.807) is 25.1 Å². The van der Waals surface area contributed by atoms with Gasteiger partial charge in [0.1, 0.15) is 11.6 Å². The van der Waals surface area contributed by atoms with Crippen molar-refractivity contribution in [3.05, 3.63) is 77.4 Å².